The lowest BCUT2D eigenvalue weighted by molar-refractivity contribution is -0.140. The van der Waals surface area contributed by atoms with E-state index in [1.165, 1.54) is 13.8 Å². The third-order valence-corrected chi connectivity index (χ3v) is 2.67. The molecule has 0 bridgehead atoms. The van der Waals surface area contributed by atoms with E-state index >= 15 is 0 Å². The lowest BCUT2D eigenvalue weighted by Crippen LogP contribution is -2.27. The van der Waals surface area contributed by atoms with Crippen LogP contribution in [0.4, 0.5) is 17.6 Å². The first-order valence-corrected chi connectivity index (χ1v) is 5.59. The van der Waals surface area contributed by atoms with Crippen LogP contribution < -0.4 is 0 Å². The molecule has 1 N–H and O–H groups in total. The van der Waals surface area contributed by atoms with Gasteiger partial charge in [-0.15, -0.1) is 0 Å². The summed E-state index contributed by atoms with van der Waals surface area (Å²) < 4.78 is 53.5. The molecule has 0 saturated heterocycles. The Bertz CT molecular complexity index is 484. The molecule has 0 unspecified atom stereocenters. The van der Waals surface area contributed by atoms with Crippen molar-refractivity contribution in [1.82, 2.24) is 0 Å². The van der Waals surface area contributed by atoms with E-state index in [1.54, 1.807) is 0 Å². The van der Waals surface area contributed by atoms with Crippen molar-refractivity contribution >= 4 is 5.97 Å². The van der Waals surface area contributed by atoms with Crippen LogP contribution in [0, 0.1) is 17.0 Å². The van der Waals surface area contributed by atoms with E-state index < -0.39 is 47.3 Å². The van der Waals surface area contributed by atoms with Crippen molar-refractivity contribution in [1.29, 1.82) is 0 Å². The van der Waals surface area contributed by atoms with E-state index in [-0.39, 0.29) is 0 Å². The molecule has 0 aliphatic carbocycles. The molecule has 0 aliphatic rings. The van der Waals surface area contributed by atoms with Gasteiger partial charge in [-0.1, -0.05) is 13.8 Å². The molecule has 0 spiro atoms. The number of benzene rings is 1. The summed E-state index contributed by atoms with van der Waals surface area (Å²) in [4.78, 5) is 10.6. The fourth-order valence-electron chi connectivity index (χ4n) is 1.90. The molecule has 0 aliphatic heterocycles. The highest BCUT2D eigenvalue weighted by atomic mass is 19.3. The molecule has 0 radical (unpaired) electrons. The zero-order valence-electron chi connectivity index (χ0n) is 10.5. The Morgan fingerprint density at radius 1 is 1.21 bits per heavy atom. The van der Waals surface area contributed by atoms with E-state index in [2.05, 4.69) is 0 Å². The molecular formula is C13H14F4O2. The van der Waals surface area contributed by atoms with Crippen LogP contribution in [-0.2, 0) is 10.7 Å². The van der Waals surface area contributed by atoms with Gasteiger partial charge in [0.2, 0.25) is 0 Å². The molecule has 1 rings (SSSR count). The van der Waals surface area contributed by atoms with Crippen LogP contribution in [0.5, 0.6) is 0 Å². The number of carbonyl (C=O) groups is 1. The highest BCUT2D eigenvalue weighted by molar-refractivity contribution is 5.67. The van der Waals surface area contributed by atoms with Crippen LogP contribution in [-0.4, -0.2) is 11.1 Å². The van der Waals surface area contributed by atoms with Gasteiger partial charge in [0.1, 0.15) is 0 Å². The molecule has 0 heterocycles. The zero-order chi connectivity index (χ0) is 14.8. The molecule has 0 saturated carbocycles. The monoisotopic (exact) mass is 278 g/mol. The highest BCUT2D eigenvalue weighted by Gasteiger charge is 2.39. The topological polar surface area (TPSA) is 37.3 Å². The first kappa shape index (κ1) is 15.5. The van der Waals surface area contributed by atoms with Gasteiger partial charge >= 0.3 is 5.97 Å². The van der Waals surface area contributed by atoms with Crippen molar-refractivity contribution in [2.75, 3.05) is 0 Å². The largest absolute Gasteiger partial charge is 0.481 e. The minimum atomic E-state index is -3.42. The molecule has 19 heavy (non-hydrogen) atoms. The lowest BCUT2D eigenvalue weighted by atomic mass is 9.81. The van der Waals surface area contributed by atoms with E-state index in [0.717, 1.165) is 6.07 Å². The molecular weight excluding hydrogens is 264 g/mol. The summed E-state index contributed by atoms with van der Waals surface area (Å²) in [6.07, 6.45) is -1.20. The van der Waals surface area contributed by atoms with Gasteiger partial charge in [0, 0.05) is 12.0 Å². The Hall–Kier alpha value is -1.59. The summed E-state index contributed by atoms with van der Waals surface area (Å²) >= 11 is 0. The van der Waals surface area contributed by atoms with E-state index in [1.807, 2.05) is 0 Å². The lowest BCUT2D eigenvalue weighted by Gasteiger charge is -2.28. The van der Waals surface area contributed by atoms with Gasteiger partial charge in [0.15, 0.2) is 11.6 Å². The summed E-state index contributed by atoms with van der Waals surface area (Å²) in [6.45, 7) is 2.77. The predicted octanol–water partition coefficient (Wildman–Crippen LogP) is 3.95. The average molecular weight is 278 g/mol. The van der Waals surface area contributed by atoms with Gasteiger partial charge in [-0.3, -0.25) is 4.79 Å². The number of rotatable bonds is 5. The van der Waals surface area contributed by atoms with Crippen LogP contribution in [0.1, 0.15) is 32.3 Å². The molecule has 0 atom stereocenters. The number of hydrogen-bond acceptors (Lipinski definition) is 1. The second kappa shape index (κ2) is 5.19. The van der Waals surface area contributed by atoms with Crippen molar-refractivity contribution < 1.29 is 27.5 Å². The van der Waals surface area contributed by atoms with E-state index in [0.29, 0.717) is 12.1 Å². The van der Waals surface area contributed by atoms with Crippen LogP contribution in [0.25, 0.3) is 0 Å². The minimum Gasteiger partial charge on any atom is -0.481 e. The average Bonchev–Trinajstić information content (AvgIpc) is 2.17. The number of hydrogen-bond donors (Lipinski definition) is 1. The van der Waals surface area contributed by atoms with Crippen LogP contribution >= 0.6 is 0 Å². The van der Waals surface area contributed by atoms with Crippen LogP contribution in [0.2, 0.25) is 0 Å². The third-order valence-electron chi connectivity index (χ3n) is 2.67. The quantitative estimate of drug-likeness (QED) is 0.828. The maximum atomic E-state index is 13.9. The fraction of sp³-hybridized carbons (Fsp3) is 0.462. The second-order valence-corrected chi connectivity index (χ2v) is 5.24. The van der Waals surface area contributed by atoms with Gasteiger partial charge in [-0.25, -0.2) is 17.6 Å². The number of carboxylic acids is 1. The summed E-state index contributed by atoms with van der Waals surface area (Å²) in [5.41, 5.74) is -1.83. The third kappa shape index (κ3) is 4.22. The maximum Gasteiger partial charge on any atom is 0.303 e. The standard InChI is InChI=1S/C13H14F4O2/c1-12(2,6-11(18)19)7-13(16,17)8-3-4-9(14)10(15)5-8/h3-5H,6-7H2,1-2H3,(H,18,19). The van der Waals surface area contributed by atoms with Gasteiger partial charge in [-0.2, -0.15) is 0 Å². The smallest absolute Gasteiger partial charge is 0.303 e. The molecule has 0 fully saturated rings. The van der Waals surface area contributed by atoms with Crippen LogP contribution in [0.15, 0.2) is 18.2 Å². The zero-order valence-corrected chi connectivity index (χ0v) is 10.5. The molecule has 106 valence electrons. The first-order chi connectivity index (χ1) is 8.53. The molecule has 1 aromatic carbocycles. The molecule has 2 nitrogen and oxygen atoms in total. The fourth-order valence-corrected chi connectivity index (χ4v) is 1.90. The predicted molar refractivity (Wildman–Crippen MR) is 60.9 cm³/mol. The molecule has 1 aromatic rings. The van der Waals surface area contributed by atoms with Gasteiger partial charge < -0.3 is 5.11 Å². The van der Waals surface area contributed by atoms with E-state index in [9.17, 15) is 22.4 Å². The minimum absolute atomic E-state index is 0.437. The van der Waals surface area contributed by atoms with Crippen molar-refractivity contribution in [3.63, 3.8) is 0 Å². The van der Waals surface area contributed by atoms with E-state index in [4.69, 9.17) is 5.11 Å². The Morgan fingerprint density at radius 3 is 2.26 bits per heavy atom. The van der Waals surface area contributed by atoms with Gasteiger partial charge in [0.05, 0.1) is 6.42 Å². The first-order valence-electron chi connectivity index (χ1n) is 5.59. The Kier molecular flexibility index (Phi) is 4.22. The summed E-state index contributed by atoms with van der Waals surface area (Å²) in [6, 6.07) is 1.87. The maximum absolute atomic E-state index is 13.9. The SMILES string of the molecule is CC(C)(CC(=O)O)CC(F)(F)c1ccc(F)c(F)c1. The molecule has 0 aromatic heterocycles. The Balaban J connectivity index is 2.97. The summed E-state index contributed by atoms with van der Waals surface area (Å²) in [5, 5.41) is 8.64. The molecule has 0 amide bonds. The van der Waals surface area contributed by atoms with Crippen molar-refractivity contribution in [2.45, 2.75) is 32.6 Å². The normalized spacial score (nSPS) is 12.5. The highest BCUT2D eigenvalue weighted by Crippen LogP contribution is 2.41. The number of carboxylic acid groups (broad SMARTS) is 1. The Morgan fingerprint density at radius 2 is 1.79 bits per heavy atom. The Labute approximate surface area is 108 Å². The summed E-state index contributed by atoms with van der Waals surface area (Å²) in [7, 11) is 0. The van der Waals surface area contributed by atoms with Crippen molar-refractivity contribution in [3.8, 4) is 0 Å². The van der Waals surface area contributed by atoms with Gasteiger partial charge in [-0.05, 0) is 23.6 Å². The number of alkyl halides is 2. The van der Waals surface area contributed by atoms with Crippen molar-refractivity contribution in [2.24, 2.45) is 5.41 Å². The molecule has 6 heteroatoms. The van der Waals surface area contributed by atoms with Crippen molar-refractivity contribution in [3.05, 3.63) is 35.4 Å². The number of aliphatic carboxylic acids is 1. The number of halogens is 4. The summed E-state index contributed by atoms with van der Waals surface area (Å²) in [5.74, 6) is -7.17. The van der Waals surface area contributed by atoms with Crippen LogP contribution in [0.3, 0.4) is 0 Å². The second-order valence-electron chi connectivity index (χ2n) is 5.24. The van der Waals surface area contributed by atoms with Gasteiger partial charge in [0.25, 0.3) is 5.92 Å².